The topological polar surface area (TPSA) is 69.6 Å². The third-order valence-corrected chi connectivity index (χ3v) is 5.36. The first-order valence-electron chi connectivity index (χ1n) is 10.8. The second-order valence-corrected chi connectivity index (χ2v) is 8.35. The highest BCUT2D eigenvalue weighted by atomic mass is 16.4. The Kier molecular flexibility index (Phi) is 7.99. The lowest BCUT2D eigenvalue weighted by Crippen LogP contribution is -2.23. The average Bonchev–Trinajstić information content (AvgIpc) is 2.77. The molecule has 0 bridgehead atoms. The molecule has 3 N–H and O–H groups in total. The summed E-state index contributed by atoms with van der Waals surface area (Å²) in [4.78, 5) is 11.4. The van der Waals surface area contributed by atoms with Gasteiger partial charge in [0.1, 0.15) is 0 Å². The van der Waals surface area contributed by atoms with Gasteiger partial charge in [-0.25, -0.2) is 4.79 Å². The summed E-state index contributed by atoms with van der Waals surface area (Å²) >= 11 is 0. The Balaban J connectivity index is 1.60. The summed E-state index contributed by atoms with van der Waals surface area (Å²) in [6.07, 6.45) is 1.21. The van der Waals surface area contributed by atoms with Crippen molar-refractivity contribution < 1.29 is 15.0 Å². The van der Waals surface area contributed by atoms with E-state index in [-0.39, 0.29) is 0 Å². The Morgan fingerprint density at radius 2 is 1.68 bits per heavy atom. The maximum Gasteiger partial charge on any atom is 0.335 e. The van der Waals surface area contributed by atoms with Crippen molar-refractivity contribution >= 4 is 5.97 Å². The summed E-state index contributed by atoms with van der Waals surface area (Å²) in [5, 5.41) is 22.9. The maximum absolute atomic E-state index is 11.4. The van der Waals surface area contributed by atoms with E-state index >= 15 is 0 Å². The van der Waals surface area contributed by atoms with Gasteiger partial charge in [0, 0.05) is 6.54 Å². The molecule has 4 heteroatoms. The number of hydrogen-bond donors (Lipinski definition) is 3. The van der Waals surface area contributed by atoms with Gasteiger partial charge in [-0.2, -0.15) is 0 Å². The molecule has 0 unspecified atom stereocenters. The van der Waals surface area contributed by atoms with Gasteiger partial charge in [-0.05, 0) is 65.3 Å². The SMILES string of the molecule is CC(C)Cc1cc(C(=O)O)ccc1-c1ccc(CCNC[C@H](O)c2ccccc2)cc1. The molecule has 0 spiro atoms. The summed E-state index contributed by atoms with van der Waals surface area (Å²) in [5.41, 5.74) is 5.74. The third kappa shape index (κ3) is 6.51. The summed E-state index contributed by atoms with van der Waals surface area (Å²) < 4.78 is 0. The molecule has 31 heavy (non-hydrogen) atoms. The fourth-order valence-corrected chi connectivity index (χ4v) is 3.73. The van der Waals surface area contributed by atoms with Crippen molar-refractivity contribution in [2.75, 3.05) is 13.1 Å². The van der Waals surface area contributed by atoms with Crippen molar-refractivity contribution in [2.24, 2.45) is 5.92 Å². The summed E-state index contributed by atoms with van der Waals surface area (Å²) in [5.74, 6) is -0.448. The quantitative estimate of drug-likeness (QED) is 0.401. The van der Waals surface area contributed by atoms with Crippen molar-refractivity contribution in [3.8, 4) is 11.1 Å². The van der Waals surface area contributed by atoms with Crippen LogP contribution in [-0.2, 0) is 12.8 Å². The number of aromatic carboxylic acids is 1. The molecule has 0 amide bonds. The molecule has 1 atom stereocenters. The molecule has 3 aromatic rings. The van der Waals surface area contributed by atoms with Crippen LogP contribution in [0.15, 0.2) is 72.8 Å². The highest BCUT2D eigenvalue weighted by Crippen LogP contribution is 2.27. The van der Waals surface area contributed by atoms with E-state index in [0.29, 0.717) is 18.0 Å². The van der Waals surface area contributed by atoms with Gasteiger partial charge < -0.3 is 15.5 Å². The molecule has 3 rings (SSSR count). The summed E-state index contributed by atoms with van der Waals surface area (Å²) in [6.45, 7) is 5.59. The molecule has 4 nitrogen and oxygen atoms in total. The third-order valence-electron chi connectivity index (χ3n) is 5.36. The largest absolute Gasteiger partial charge is 0.478 e. The normalized spacial score (nSPS) is 12.1. The lowest BCUT2D eigenvalue weighted by molar-refractivity contribution is 0.0696. The fourth-order valence-electron chi connectivity index (χ4n) is 3.73. The molecule has 0 heterocycles. The number of carbonyl (C=O) groups is 1. The van der Waals surface area contributed by atoms with Crippen LogP contribution in [0.25, 0.3) is 11.1 Å². The van der Waals surface area contributed by atoms with Gasteiger partial charge >= 0.3 is 5.97 Å². The molecule has 0 saturated carbocycles. The van der Waals surface area contributed by atoms with Crippen LogP contribution in [0, 0.1) is 5.92 Å². The molecule has 162 valence electrons. The standard InChI is InChI=1S/C27H31NO3/c1-19(2)16-24-17-23(27(30)31)12-13-25(24)21-10-8-20(9-11-21)14-15-28-18-26(29)22-6-4-3-5-7-22/h3-13,17,19,26,28-29H,14-16,18H2,1-2H3,(H,30,31)/t26-/m0/s1. The van der Waals surface area contributed by atoms with Crippen LogP contribution >= 0.6 is 0 Å². The van der Waals surface area contributed by atoms with Crippen molar-refractivity contribution in [2.45, 2.75) is 32.8 Å². The van der Waals surface area contributed by atoms with E-state index in [1.807, 2.05) is 36.4 Å². The van der Waals surface area contributed by atoms with Crippen molar-refractivity contribution in [1.82, 2.24) is 5.32 Å². The number of benzene rings is 3. The zero-order valence-corrected chi connectivity index (χ0v) is 18.2. The molecule has 0 saturated heterocycles. The summed E-state index contributed by atoms with van der Waals surface area (Å²) in [6, 6.07) is 23.5. The van der Waals surface area contributed by atoms with E-state index in [0.717, 1.165) is 41.6 Å². The predicted molar refractivity (Wildman–Crippen MR) is 125 cm³/mol. The van der Waals surface area contributed by atoms with Gasteiger partial charge in [0.15, 0.2) is 0 Å². The Morgan fingerprint density at radius 1 is 0.968 bits per heavy atom. The smallest absolute Gasteiger partial charge is 0.335 e. The van der Waals surface area contributed by atoms with E-state index in [1.54, 1.807) is 12.1 Å². The monoisotopic (exact) mass is 417 g/mol. The van der Waals surface area contributed by atoms with Crippen LogP contribution in [0.4, 0.5) is 0 Å². The van der Waals surface area contributed by atoms with E-state index in [9.17, 15) is 15.0 Å². The average molecular weight is 418 g/mol. The minimum absolute atomic E-state index is 0.333. The van der Waals surface area contributed by atoms with Gasteiger partial charge in [0.25, 0.3) is 0 Å². The van der Waals surface area contributed by atoms with Crippen LogP contribution in [0.3, 0.4) is 0 Å². The highest BCUT2D eigenvalue weighted by molar-refractivity contribution is 5.89. The molecule has 0 aliphatic carbocycles. The number of aliphatic hydroxyl groups is 1. The number of carboxylic acid groups (broad SMARTS) is 1. The Labute approximate surface area is 184 Å². The van der Waals surface area contributed by atoms with Crippen molar-refractivity contribution in [3.63, 3.8) is 0 Å². The Hall–Kier alpha value is -2.95. The number of hydrogen-bond acceptors (Lipinski definition) is 3. The molecule has 0 radical (unpaired) electrons. The van der Waals surface area contributed by atoms with Crippen LogP contribution in [0.2, 0.25) is 0 Å². The second-order valence-electron chi connectivity index (χ2n) is 8.35. The van der Waals surface area contributed by atoms with E-state index in [2.05, 4.69) is 43.4 Å². The van der Waals surface area contributed by atoms with E-state index in [4.69, 9.17) is 0 Å². The first kappa shape index (κ1) is 22.7. The lowest BCUT2D eigenvalue weighted by atomic mass is 9.91. The number of rotatable bonds is 10. The number of aliphatic hydroxyl groups excluding tert-OH is 1. The minimum Gasteiger partial charge on any atom is -0.478 e. The van der Waals surface area contributed by atoms with Crippen molar-refractivity contribution in [1.29, 1.82) is 0 Å². The van der Waals surface area contributed by atoms with E-state index in [1.165, 1.54) is 5.56 Å². The molecule has 3 aromatic carbocycles. The molecule has 0 aliphatic rings. The first-order chi connectivity index (χ1) is 14.9. The maximum atomic E-state index is 11.4. The van der Waals surface area contributed by atoms with Gasteiger partial charge in [0.2, 0.25) is 0 Å². The Morgan fingerprint density at radius 3 is 2.32 bits per heavy atom. The van der Waals surface area contributed by atoms with Gasteiger partial charge in [-0.15, -0.1) is 0 Å². The van der Waals surface area contributed by atoms with Crippen LogP contribution < -0.4 is 5.32 Å². The molecular weight excluding hydrogens is 386 g/mol. The van der Waals surface area contributed by atoms with Gasteiger partial charge in [-0.3, -0.25) is 0 Å². The summed E-state index contributed by atoms with van der Waals surface area (Å²) in [7, 11) is 0. The lowest BCUT2D eigenvalue weighted by Gasteiger charge is -2.14. The van der Waals surface area contributed by atoms with E-state index < -0.39 is 12.1 Å². The van der Waals surface area contributed by atoms with Crippen molar-refractivity contribution in [3.05, 3.63) is 95.1 Å². The molecule has 0 fully saturated rings. The molecule has 0 aromatic heterocycles. The fraction of sp³-hybridized carbons (Fsp3) is 0.296. The molecular formula is C27H31NO3. The predicted octanol–water partition coefficient (Wildman–Crippen LogP) is 5.12. The van der Waals surface area contributed by atoms with Gasteiger partial charge in [-0.1, -0.05) is 74.5 Å². The highest BCUT2D eigenvalue weighted by Gasteiger charge is 2.12. The van der Waals surface area contributed by atoms with Crippen LogP contribution in [0.5, 0.6) is 0 Å². The van der Waals surface area contributed by atoms with Crippen LogP contribution in [-0.4, -0.2) is 29.3 Å². The minimum atomic E-state index is -0.892. The zero-order chi connectivity index (χ0) is 22.2. The van der Waals surface area contributed by atoms with Gasteiger partial charge in [0.05, 0.1) is 11.7 Å². The Bertz CT molecular complexity index is 981. The second kappa shape index (κ2) is 10.9. The number of carboxylic acids is 1. The number of nitrogens with one attached hydrogen (secondary N) is 1. The van der Waals surface area contributed by atoms with Crippen LogP contribution in [0.1, 0.15) is 47.0 Å². The molecule has 0 aliphatic heterocycles. The first-order valence-corrected chi connectivity index (χ1v) is 10.8. The zero-order valence-electron chi connectivity index (χ0n) is 18.2.